The normalized spacial score (nSPS) is 12.4. The zero-order valence-corrected chi connectivity index (χ0v) is 11.5. The first kappa shape index (κ1) is 14.0. The first-order valence-electron chi connectivity index (χ1n) is 6.27. The minimum absolute atomic E-state index is 0.0119. The lowest BCUT2D eigenvalue weighted by atomic mass is 10.1. The van der Waals surface area contributed by atoms with E-state index in [4.69, 9.17) is 9.15 Å². The van der Waals surface area contributed by atoms with Crippen molar-refractivity contribution in [1.29, 1.82) is 0 Å². The van der Waals surface area contributed by atoms with E-state index in [1.165, 1.54) is 7.11 Å². The van der Waals surface area contributed by atoms with Gasteiger partial charge in [0.15, 0.2) is 0 Å². The molecular formula is C14H16N2O4. The minimum atomic E-state index is -0.628. The molecule has 1 atom stereocenters. The van der Waals surface area contributed by atoms with E-state index in [1.807, 2.05) is 13.8 Å². The molecule has 0 aliphatic carbocycles. The molecule has 0 aliphatic rings. The Morgan fingerprint density at radius 2 is 2.05 bits per heavy atom. The van der Waals surface area contributed by atoms with Gasteiger partial charge in [0.25, 0.3) is 6.01 Å². The van der Waals surface area contributed by atoms with Crippen LogP contribution in [0.15, 0.2) is 33.5 Å². The third kappa shape index (κ3) is 2.79. The van der Waals surface area contributed by atoms with Crippen molar-refractivity contribution >= 4 is 22.9 Å². The number of methoxy groups -OCH3 is 1. The Morgan fingerprint density at radius 1 is 1.35 bits per heavy atom. The second-order valence-corrected chi connectivity index (χ2v) is 4.71. The Labute approximate surface area is 115 Å². The van der Waals surface area contributed by atoms with Crippen LogP contribution >= 0.6 is 0 Å². The van der Waals surface area contributed by atoms with Crippen molar-refractivity contribution in [1.82, 2.24) is 4.98 Å². The van der Waals surface area contributed by atoms with Crippen molar-refractivity contribution < 1.29 is 13.9 Å². The SMILES string of the molecule is COC(=O)[C@@H](Nc1nc2ccccc2c(=O)o1)C(C)C. The van der Waals surface area contributed by atoms with E-state index in [1.54, 1.807) is 24.3 Å². The van der Waals surface area contributed by atoms with E-state index in [2.05, 4.69) is 10.3 Å². The Kier molecular flexibility index (Phi) is 4.02. The molecule has 0 saturated heterocycles. The summed E-state index contributed by atoms with van der Waals surface area (Å²) >= 11 is 0. The van der Waals surface area contributed by atoms with E-state index in [9.17, 15) is 9.59 Å². The number of rotatable bonds is 4. The number of hydrogen-bond donors (Lipinski definition) is 1. The van der Waals surface area contributed by atoms with E-state index < -0.39 is 17.6 Å². The zero-order chi connectivity index (χ0) is 14.7. The maximum Gasteiger partial charge on any atom is 0.348 e. The minimum Gasteiger partial charge on any atom is -0.467 e. The highest BCUT2D eigenvalue weighted by atomic mass is 16.5. The molecule has 20 heavy (non-hydrogen) atoms. The van der Waals surface area contributed by atoms with Gasteiger partial charge in [-0.25, -0.2) is 9.59 Å². The van der Waals surface area contributed by atoms with Crippen molar-refractivity contribution in [2.24, 2.45) is 5.92 Å². The predicted octanol–water partition coefficient (Wildman–Crippen LogP) is 1.80. The number of ether oxygens (including phenoxy) is 1. The Balaban J connectivity index is 2.38. The number of benzene rings is 1. The van der Waals surface area contributed by atoms with Gasteiger partial charge in [-0.15, -0.1) is 0 Å². The molecule has 1 aromatic carbocycles. The fourth-order valence-electron chi connectivity index (χ4n) is 1.84. The molecule has 0 amide bonds. The fourth-order valence-corrected chi connectivity index (χ4v) is 1.84. The van der Waals surface area contributed by atoms with Gasteiger partial charge in [0.05, 0.1) is 18.0 Å². The zero-order valence-electron chi connectivity index (χ0n) is 11.5. The second kappa shape index (κ2) is 5.73. The van der Waals surface area contributed by atoms with Gasteiger partial charge in [-0.3, -0.25) is 0 Å². The van der Waals surface area contributed by atoms with Crippen LogP contribution in [0.4, 0.5) is 6.01 Å². The van der Waals surface area contributed by atoms with Crippen LogP contribution in [0.25, 0.3) is 10.9 Å². The van der Waals surface area contributed by atoms with Gasteiger partial charge in [-0.2, -0.15) is 4.98 Å². The summed E-state index contributed by atoms with van der Waals surface area (Å²) < 4.78 is 9.79. The van der Waals surface area contributed by atoms with E-state index in [0.29, 0.717) is 10.9 Å². The van der Waals surface area contributed by atoms with Gasteiger partial charge < -0.3 is 14.5 Å². The van der Waals surface area contributed by atoms with Gasteiger partial charge in [0.2, 0.25) is 0 Å². The van der Waals surface area contributed by atoms with Crippen LogP contribution < -0.4 is 10.9 Å². The largest absolute Gasteiger partial charge is 0.467 e. The molecule has 0 radical (unpaired) electrons. The van der Waals surface area contributed by atoms with E-state index in [-0.39, 0.29) is 11.9 Å². The molecule has 6 heteroatoms. The summed E-state index contributed by atoms with van der Waals surface area (Å²) in [6, 6.07) is 6.24. The van der Waals surface area contributed by atoms with Gasteiger partial charge in [-0.1, -0.05) is 26.0 Å². The van der Waals surface area contributed by atoms with E-state index in [0.717, 1.165) is 0 Å². The molecule has 0 spiro atoms. The molecule has 1 N–H and O–H groups in total. The van der Waals surface area contributed by atoms with Crippen molar-refractivity contribution in [3.63, 3.8) is 0 Å². The maximum atomic E-state index is 11.8. The van der Waals surface area contributed by atoms with Crippen LogP contribution in [0, 0.1) is 5.92 Å². The molecule has 2 rings (SSSR count). The summed E-state index contributed by atoms with van der Waals surface area (Å²) in [5.41, 5.74) is 0.0177. The molecule has 1 aromatic heterocycles. The standard InChI is InChI=1S/C14H16N2O4/c1-8(2)11(13(18)19-3)16-14-15-10-7-5-4-6-9(10)12(17)20-14/h4-8,11H,1-3H3,(H,15,16)/t11-/m0/s1. The lowest BCUT2D eigenvalue weighted by Gasteiger charge is -2.19. The molecule has 0 aliphatic heterocycles. The Hall–Kier alpha value is -2.37. The maximum absolute atomic E-state index is 11.8. The number of nitrogens with zero attached hydrogens (tertiary/aromatic N) is 1. The molecule has 0 saturated carbocycles. The lowest BCUT2D eigenvalue weighted by molar-refractivity contribution is -0.142. The third-order valence-electron chi connectivity index (χ3n) is 2.94. The monoisotopic (exact) mass is 276 g/mol. The van der Waals surface area contributed by atoms with E-state index >= 15 is 0 Å². The highest BCUT2D eigenvalue weighted by molar-refractivity contribution is 5.80. The average molecular weight is 276 g/mol. The first-order valence-corrected chi connectivity index (χ1v) is 6.27. The summed E-state index contributed by atoms with van der Waals surface area (Å²) in [5, 5.41) is 3.21. The van der Waals surface area contributed by atoms with Crippen LogP contribution in [0.3, 0.4) is 0 Å². The lowest BCUT2D eigenvalue weighted by Crippen LogP contribution is -2.36. The summed E-state index contributed by atoms with van der Waals surface area (Å²) in [6.45, 7) is 3.71. The molecule has 1 heterocycles. The van der Waals surface area contributed by atoms with Gasteiger partial charge in [0.1, 0.15) is 6.04 Å². The number of esters is 1. The Bertz CT molecular complexity index is 678. The van der Waals surface area contributed by atoms with Gasteiger partial charge >= 0.3 is 11.6 Å². The third-order valence-corrected chi connectivity index (χ3v) is 2.94. The second-order valence-electron chi connectivity index (χ2n) is 4.71. The molecule has 0 unspecified atom stereocenters. The molecule has 2 aromatic rings. The van der Waals surface area contributed by atoms with Crippen molar-refractivity contribution in [2.75, 3.05) is 12.4 Å². The summed E-state index contributed by atoms with van der Waals surface area (Å²) in [7, 11) is 1.31. The number of aromatic nitrogens is 1. The molecule has 106 valence electrons. The smallest absolute Gasteiger partial charge is 0.348 e. The van der Waals surface area contributed by atoms with Crippen LogP contribution in [0.5, 0.6) is 0 Å². The quantitative estimate of drug-likeness (QED) is 0.857. The first-order chi connectivity index (χ1) is 9.52. The number of carbonyl (C=O) groups is 1. The van der Waals surface area contributed by atoms with Crippen LogP contribution in [-0.4, -0.2) is 24.1 Å². The summed E-state index contributed by atoms with van der Waals surface area (Å²) in [6.07, 6.45) is 0. The van der Waals surface area contributed by atoms with Crippen LogP contribution in [0.2, 0.25) is 0 Å². The number of nitrogens with one attached hydrogen (secondary N) is 1. The number of para-hydroxylation sites is 1. The topological polar surface area (TPSA) is 81.4 Å². The van der Waals surface area contributed by atoms with Gasteiger partial charge in [0, 0.05) is 0 Å². The molecule has 0 bridgehead atoms. The summed E-state index contributed by atoms with van der Waals surface area (Å²) in [4.78, 5) is 27.7. The molecule has 0 fully saturated rings. The number of fused-ring (bicyclic) bond motifs is 1. The van der Waals surface area contributed by atoms with Crippen LogP contribution in [0.1, 0.15) is 13.8 Å². The number of carbonyl (C=O) groups excluding carboxylic acids is 1. The Morgan fingerprint density at radius 3 is 2.70 bits per heavy atom. The van der Waals surface area contributed by atoms with Crippen molar-refractivity contribution in [2.45, 2.75) is 19.9 Å². The average Bonchev–Trinajstić information content (AvgIpc) is 2.43. The predicted molar refractivity (Wildman–Crippen MR) is 74.5 cm³/mol. The van der Waals surface area contributed by atoms with Crippen LogP contribution in [-0.2, 0) is 9.53 Å². The van der Waals surface area contributed by atoms with Crippen molar-refractivity contribution in [3.8, 4) is 0 Å². The highest BCUT2D eigenvalue weighted by Crippen LogP contribution is 2.14. The number of hydrogen-bond acceptors (Lipinski definition) is 6. The summed E-state index contributed by atoms with van der Waals surface area (Å²) in [5.74, 6) is -0.473. The fraction of sp³-hybridized carbons (Fsp3) is 0.357. The van der Waals surface area contributed by atoms with Crippen molar-refractivity contribution in [3.05, 3.63) is 34.7 Å². The number of anilines is 1. The molecular weight excluding hydrogens is 260 g/mol. The highest BCUT2D eigenvalue weighted by Gasteiger charge is 2.24. The molecule has 6 nitrogen and oxygen atoms in total. The van der Waals surface area contributed by atoms with Gasteiger partial charge in [-0.05, 0) is 18.1 Å².